The van der Waals surface area contributed by atoms with Crippen molar-refractivity contribution in [2.24, 2.45) is 10.1 Å². The average molecular weight is 401 g/mol. The average Bonchev–Trinajstić information content (AvgIpc) is 2.50. The molecule has 0 aliphatic heterocycles. The van der Waals surface area contributed by atoms with E-state index < -0.39 is 33.9 Å². The smallest absolute Gasteiger partial charge is 0.410 e. The molecule has 0 fully saturated rings. The van der Waals surface area contributed by atoms with Crippen molar-refractivity contribution in [1.82, 2.24) is 5.32 Å². The second-order valence-electron chi connectivity index (χ2n) is 6.04. The molecule has 1 rings (SSSR count). The van der Waals surface area contributed by atoms with Crippen LogP contribution in [0.1, 0.15) is 31.1 Å². The minimum Gasteiger partial charge on any atom is -0.444 e. The van der Waals surface area contributed by atoms with Crippen LogP contribution in [0, 0.1) is 0 Å². The van der Waals surface area contributed by atoms with E-state index in [-0.39, 0.29) is 17.0 Å². The number of benzene rings is 1. The van der Waals surface area contributed by atoms with E-state index in [9.17, 15) is 18.0 Å². The predicted octanol–water partition coefficient (Wildman–Crippen LogP) is 1.44. The van der Waals surface area contributed by atoms with Crippen LogP contribution in [0.15, 0.2) is 34.2 Å². The van der Waals surface area contributed by atoms with Crippen molar-refractivity contribution in [3.05, 3.63) is 29.8 Å². The molecule has 3 N–H and O–H groups in total. The van der Waals surface area contributed by atoms with Crippen molar-refractivity contribution >= 4 is 39.5 Å². The summed E-state index contributed by atoms with van der Waals surface area (Å²) in [5, 5.41) is 9.43. The van der Waals surface area contributed by atoms with Gasteiger partial charge in [-0.05, 0) is 57.3 Å². The van der Waals surface area contributed by atoms with Gasteiger partial charge in [-0.1, -0.05) is 0 Å². The normalized spacial score (nSPS) is 12.5. The van der Waals surface area contributed by atoms with Crippen molar-refractivity contribution in [3.8, 4) is 0 Å². The molecule has 0 saturated heterocycles. The molecule has 1 unspecified atom stereocenters. The van der Waals surface area contributed by atoms with E-state index in [4.69, 9.17) is 14.6 Å². The molecule has 0 heterocycles. The lowest BCUT2D eigenvalue weighted by molar-refractivity contribution is 0.0126. The number of esters is 1. The summed E-state index contributed by atoms with van der Waals surface area (Å²) in [6.07, 6.45) is -1.95. The van der Waals surface area contributed by atoms with Crippen LogP contribution in [0.5, 0.6) is 0 Å². The molecule has 0 saturated carbocycles. The summed E-state index contributed by atoms with van der Waals surface area (Å²) in [4.78, 5) is 27.5. The molecule has 11 heteroatoms. The summed E-state index contributed by atoms with van der Waals surface area (Å²) < 4.78 is 32.6. The summed E-state index contributed by atoms with van der Waals surface area (Å²) in [5.74, 6) is -0.813. The maximum absolute atomic E-state index is 12.2. The molecule has 0 aliphatic rings. The molecular formula is C15H19N3O6S2. The molecule has 1 aromatic carbocycles. The molecule has 1 aromatic rings. The molecule has 0 aromatic heterocycles. The highest BCUT2D eigenvalue weighted by Gasteiger charge is 2.22. The minimum absolute atomic E-state index is 0.0553. The van der Waals surface area contributed by atoms with E-state index in [1.807, 2.05) is 0 Å². The van der Waals surface area contributed by atoms with Crippen LogP contribution < -0.4 is 10.5 Å². The molecule has 0 spiro atoms. The predicted molar refractivity (Wildman–Crippen MR) is 96.3 cm³/mol. The number of hydrogen-bond acceptors (Lipinski definition) is 8. The van der Waals surface area contributed by atoms with Gasteiger partial charge >= 0.3 is 12.1 Å². The standard InChI is InChI=1S/C15H19N3O6S2/c1-15(2,3)24-14(20)18-12(8-17-9-25)23-13(19)10-4-6-11(7-5-10)26(16,21)22/h4-7,12H,8H2,1-3H3,(H,18,20)(H2,16,21,22). The Morgan fingerprint density at radius 3 is 2.35 bits per heavy atom. The summed E-state index contributed by atoms with van der Waals surface area (Å²) in [6.45, 7) is 4.87. The first-order chi connectivity index (χ1) is 11.9. The zero-order valence-corrected chi connectivity index (χ0v) is 16.0. The number of primary sulfonamides is 1. The van der Waals surface area contributed by atoms with Crippen molar-refractivity contribution < 1.29 is 27.5 Å². The zero-order valence-electron chi connectivity index (χ0n) is 14.4. The third-order valence-electron chi connectivity index (χ3n) is 2.67. The molecule has 26 heavy (non-hydrogen) atoms. The number of amides is 1. The maximum Gasteiger partial charge on any atom is 0.410 e. The number of carbonyl (C=O) groups excluding carboxylic acids is 2. The van der Waals surface area contributed by atoms with Crippen molar-refractivity contribution in [2.45, 2.75) is 37.5 Å². The second-order valence-corrected chi connectivity index (χ2v) is 7.79. The van der Waals surface area contributed by atoms with E-state index in [0.717, 1.165) is 12.1 Å². The number of aliphatic imine (C=N–C) groups is 1. The number of sulfonamides is 1. The Morgan fingerprint density at radius 1 is 1.31 bits per heavy atom. The van der Waals surface area contributed by atoms with Crippen LogP contribution in [0.2, 0.25) is 0 Å². The Labute approximate surface area is 156 Å². The highest BCUT2D eigenvalue weighted by molar-refractivity contribution is 7.89. The number of nitrogens with two attached hydrogens (primary N) is 1. The fourth-order valence-electron chi connectivity index (χ4n) is 1.65. The number of alkyl carbamates (subject to hydrolysis) is 1. The Hall–Kier alpha value is -2.33. The second kappa shape index (κ2) is 8.86. The third kappa shape index (κ3) is 7.70. The molecule has 0 bridgehead atoms. The van der Waals surface area contributed by atoms with Gasteiger partial charge in [-0.15, -0.1) is 0 Å². The van der Waals surface area contributed by atoms with Crippen molar-refractivity contribution in [2.75, 3.05) is 6.54 Å². The SMILES string of the molecule is CC(C)(C)OC(=O)NC(CN=C=S)OC(=O)c1ccc(S(N)(=O)=O)cc1. The fourth-order valence-corrected chi connectivity index (χ4v) is 2.24. The Kier molecular flexibility index (Phi) is 7.40. The van der Waals surface area contributed by atoms with Gasteiger partial charge in [0.15, 0.2) is 6.23 Å². The van der Waals surface area contributed by atoms with Crippen molar-refractivity contribution in [1.29, 1.82) is 0 Å². The van der Waals surface area contributed by atoms with Gasteiger partial charge in [-0.3, -0.25) is 5.32 Å². The number of ether oxygens (including phenoxy) is 2. The molecular weight excluding hydrogens is 382 g/mol. The lowest BCUT2D eigenvalue weighted by Gasteiger charge is -2.22. The van der Waals surface area contributed by atoms with Crippen molar-refractivity contribution in [3.63, 3.8) is 0 Å². The molecule has 9 nitrogen and oxygen atoms in total. The topological polar surface area (TPSA) is 137 Å². The van der Waals surface area contributed by atoms with Gasteiger partial charge in [-0.2, -0.15) is 0 Å². The fraction of sp³-hybridized carbons (Fsp3) is 0.400. The van der Waals surface area contributed by atoms with Crippen LogP contribution in [0.3, 0.4) is 0 Å². The van der Waals surface area contributed by atoms with Crippen LogP contribution in [0.4, 0.5) is 4.79 Å². The van der Waals surface area contributed by atoms with Crippen LogP contribution in [0.25, 0.3) is 0 Å². The number of carbonyl (C=O) groups is 2. The zero-order chi connectivity index (χ0) is 20.0. The van der Waals surface area contributed by atoms with E-state index in [0.29, 0.717) is 0 Å². The van der Waals surface area contributed by atoms with Crippen LogP contribution in [-0.4, -0.2) is 44.0 Å². The first-order valence-electron chi connectivity index (χ1n) is 7.29. The number of nitrogens with zero attached hydrogens (tertiary/aromatic N) is 1. The Morgan fingerprint density at radius 2 is 1.88 bits per heavy atom. The number of hydrogen-bond donors (Lipinski definition) is 2. The lowest BCUT2D eigenvalue weighted by atomic mass is 10.2. The van der Waals surface area contributed by atoms with Gasteiger partial charge < -0.3 is 9.47 Å². The van der Waals surface area contributed by atoms with Gasteiger partial charge in [-0.25, -0.2) is 28.1 Å². The van der Waals surface area contributed by atoms with E-state index in [1.54, 1.807) is 20.8 Å². The molecule has 1 amide bonds. The van der Waals surface area contributed by atoms with Gasteiger partial charge in [0.2, 0.25) is 10.0 Å². The molecule has 0 radical (unpaired) electrons. The first-order valence-corrected chi connectivity index (χ1v) is 9.25. The van der Waals surface area contributed by atoms with E-state index >= 15 is 0 Å². The van der Waals surface area contributed by atoms with E-state index in [1.165, 1.54) is 12.1 Å². The maximum atomic E-state index is 12.2. The van der Waals surface area contributed by atoms with Gasteiger partial charge in [0.25, 0.3) is 0 Å². The summed E-state index contributed by atoms with van der Waals surface area (Å²) in [6, 6.07) is 4.79. The van der Waals surface area contributed by atoms with E-state index in [2.05, 4.69) is 27.7 Å². The quantitative estimate of drug-likeness (QED) is 0.318. The largest absolute Gasteiger partial charge is 0.444 e. The summed E-state index contributed by atoms with van der Waals surface area (Å²) >= 11 is 4.46. The monoisotopic (exact) mass is 401 g/mol. The number of thiocarbonyl (C=S) groups is 1. The van der Waals surface area contributed by atoms with Gasteiger partial charge in [0, 0.05) is 0 Å². The summed E-state index contributed by atoms with van der Waals surface area (Å²) in [5.41, 5.74) is -0.685. The van der Waals surface area contributed by atoms with Crippen LogP contribution >= 0.6 is 12.2 Å². The highest BCUT2D eigenvalue weighted by atomic mass is 32.2. The molecule has 1 atom stereocenters. The Bertz CT molecular complexity index is 809. The third-order valence-corrected chi connectivity index (χ3v) is 3.73. The molecule has 142 valence electrons. The summed E-state index contributed by atoms with van der Waals surface area (Å²) in [7, 11) is -3.87. The highest BCUT2D eigenvalue weighted by Crippen LogP contribution is 2.11. The molecule has 0 aliphatic carbocycles. The van der Waals surface area contributed by atoms with Gasteiger partial charge in [0.05, 0.1) is 15.6 Å². The number of rotatable bonds is 6. The minimum atomic E-state index is -3.87. The first kappa shape index (κ1) is 21.7. The van der Waals surface area contributed by atoms with Gasteiger partial charge in [0.1, 0.15) is 12.1 Å². The number of nitrogens with one attached hydrogen (secondary N) is 1. The number of isothiocyanates is 1. The lowest BCUT2D eigenvalue weighted by Crippen LogP contribution is -2.43. The van der Waals surface area contributed by atoms with Crippen LogP contribution in [-0.2, 0) is 19.5 Å². The Balaban J connectivity index is 2.85.